The van der Waals surface area contributed by atoms with Crippen LogP contribution in [0.25, 0.3) is 0 Å². The summed E-state index contributed by atoms with van der Waals surface area (Å²) in [7, 11) is 1.26. The average Bonchev–Trinajstić information content (AvgIpc) is 2.55. The molecule has 2 rings (SSSR count). The normalized spacial score (nSPS) is 15.4. The minimum absolute atomic E-state index is 0.0521. The van der Waals surface area contributed by atoms with E-state index in [1.807, 2.05) is 0 Å². The second kappa shape index (κ2) is 7.48. The third-order valence-electron chi connectivity index (χ3n) is 4.19. The molecule has 0 aliphatic carbocycles. The Hall–Kier alpha value is -1.73. The Morgan fingerprint density at radius 1 is 1.04 bits per heavy atom. The molecule has 0 bridgehead atoms. The SMILES string of the molecule is COc1cc(C)c(C)cc1C(O)(c1ccc(SC(C)F)cc1)C(F)(F)F. The molecule has 0 radical (unpaired) electrons. The molecule has 0 aliphatic rings. The first-order chi connectivity index (χ1) is 12.0. The molecule has 0 heterocycles. The molecule has 2 aromatic rings. The number of hydrogen-bond acceptors (Lipinski definition) is 3. The van der Waals surface area contributed by atoms with Crippen LogP contribution in [0.4, 0.5) is 17.6 Å². The smallest absolute Gasteiger partial charge is 0.425 e. The Morgan fingerprint density at radius 2 is 1.58 bits per heavy atom. The summed E-state index contributed by atoms with van der Waals surface area (Å²) in [6.45, 7) is 4.75. The molecule has 2 unspecified atom stereocenters. The summed E-state index contributed by atoms with van der Waals surface area (Å²) >= 11 is 0.879. The number of rotatable bonds is 5. The molecule has 2 atom stereocenters. The molecule has 2 aromatic carbocycles. The molecular formula is C19H20F4O2S. The van der Waals surface area contributed by atoms with Crippen LogP contribution in [-0.4, -0.2) is 23.9 Å². The topological polar surface area (TPSA) is 29.5 Å². The quantitative estimate of drug-likeness (QED) is 0.540. The van der Waals surface area contributed by atoms with E-state index < -0.39 is 17.3 Å². The minimum atomic E-state index is -4.98. The fourth-order valence-electron chi connectivity index (χ4n) is 2.68. The van der Waals surface area contributed by atoms with Gasteiger partial charge in [0.15, 0.2) is 0 Å². The standard InChI is InChI=1S/C19H20F4O2S/c1-11-9-16(17(25-4)10-12(11)2)18(24,19(21,22)23)14-5-7-15(8-6-14)26-13(3)20/h5-10,13,24H,1-4H3. The number of aliphatic hydroxyl groups is 1. The lowest BCUT2D eigenvalue weighted by Gasteiger charge is -2.33. The number of ether oxygens (including phenoxy) is 1. The first-order valence-corrected chi connectivity index (χ1v) is 8.74. The first-order valence-electron chi connectivity index (χ1n) is 7.86. The van der Waals surface area contributed by atoms with Crippen LogP contribution in [-0.2, 0) is 5.60 Å². The van der Waals surface area contributed by atoms with E-state index in [0.29, 0.717) is 10.5 Å². The highest BCUT2D eigenvalue weighted by Gasteiger charge is 2.57. The van der Waals surface area contributed by atoms with Crippen molar-refractivity contribution in [3.05, 3.63) is 58.7 Å². The molecule has 142 valence electrons. The van der Waals surface area contributed by atoms with Gasteiger partial charge in [0.1, 0.15) is 11.3 Å². The Balaban J connectivity index is 2.66. The van der Waals surface area contributed by atoms with Gasteiger partial charge in [-0.05, 0) is 61.7 Å². The molecule has 0 saturated heterocycles. The van der Waals surface area contributed by atoms with E-state index in [-0.39, 0.29) is 16.9 Å². The highest BCUT2D eigenvalue weighted by molar-refractivity contribution is 7.99. The third-order valence-corrected chi connectivity index (χ3v) is 5.06. The predicted octanol–water partition coefficient (Wildman–Crippen LogP) is 5.52. The molecule has 0 fully saturated rings. The zero-order valence-electron chi connectivity index (χ0n) is 14.8. The van der Waals surface area contributed by atoms with Crippen molar-refractivity contribution in [3.8, 4) is 5.75 Å². The van der Waals surface area contributed by atoms with Gasteiger partial charge >= 0.3 is 6.18 Å². The molecule has 1 N–H and O–H groups in total. The van der Waals surface area contributed by atoms with Crippen LogP contribution in [0.3, 0.4) is 0 Å². The average molecular weight is 388 g/mol. The second-order valence-corrected chi connectivity index (χ2v) is 7.39. The number of benzene rings is 2. The summed E-state index contributed by atoms with van der Waals surface area (Å²) in [6, 6.07) is 7.80. The molecule has 0 amide bonds. The highest BCUT2D eigenvalue weighted by Crippen LogP contribution is 2.48. The number of methoxy groups -OCH3 is 1. The van der Waals surface area contributed by atoms with E-state index in [2.05, 4.69) is 0 Å². The van der Waals surface area contributed by atoms with Gasteiger partial charge in [-0.3, -0.25) is 0 Å². The maximum absolute atomic E-state index is 14.0. The van der Waals surface area contributed by atoms with Crippen molar-refractivity contribution in [2.45, 2.75) is 42.9 Å². The van der Waals surface area contributed by atoms with Crippen LogP contribution in [0.15, 0.2) is 41.3 Å². The fraction of sp³-hybridized carbons (Fsp3) is 0.368. The van der Waals surface area contributed by atoms with Gasteiger partial charge in [-0.2, -0.15) is 13.2 Å². The Morgan fingerprint density at radius 3 is 2.04 bits per heavy atom. The Labute approximate surface area is 154 Å². The fourth-order valence-corrected chi connectivity index (χ4v) is 3.34. The summed E-state index contributed by atoms with van der Waals surface area (Å²) in [5.74, 6) is -0.0521. The summed E-state index contributed by atoms with van der Waals surface area (Å²) in [5, 5.41) is 10.8. The van der Waals surface area contributed by atoms with E-state index in [1.165, 1.54) is 38.3 Å². The summed E-state index contributed by atoms with van der Waals surface area (Å²) in [4.78, 5) is 0.473. The lowest BCUT2D eigenvalue weighted by atomic mass is 9.83. The molecule has 0 aromatic heterocycles. The van der Waals surface area contributed by atoms with Crippen LogP contribution in [0.5, 0.6) is 5.75 Å². The molecule has 26 heavy (non-hydrogen) atoms. The monoisotopic (exact) mass is 388 g/mol. The van der Waals surface area contributed by atoms with Gasteiger partial charge in [-0.1, -0.05) is 23.9 Å². The maximum atomic E-state index is 14.0. The number of alkyl halides is 4. The van der Waals surface area contributed by atoms with Gasteiger partial charge < -0.3 is 9.84 Å². The molecular weight excluding hydrogens is 368 g/mol. The molecule has 0 aliphatic heterocycles. The van der Waals surface area contributed by atoms with Crippen molar-refractivity contribution in [2.24, 2.45) is 0 Å². The minimum Gasteiger partial charge on any atom is -0.496 e. The van der Waals surface area contributed by atoms with E-state index in [1.54, 1.807) is 13.8 Å². The number of thioether (sulfide) groups is 1. The lowest BCUT2D eigenvalue weighted by molar-refractivity contribution is -0.248. The largest absolute Gasteiger partial charge is 0.496 e. The van der Waals surface area contributed by atoms with Gasteiger partial charge in [0, 0.05) is 10.5 Å². The van der Waals surface area contributed by atoms with Gasteiger partial charge in [0.2, 0.25) is 5.60 Å². The van der Waals surface area contributed by atoms with Crippen LogP contribution in [0.2, 0.25) is 0 Å². The van der Waals surface area contributed by atoms with Crippen LogP contribution in [0.1, 0.15) is 29.2 Å². The van der Waals surface area contributed by atoms with E-state index in [0.717, 1.165) is 29.5 Å². The van der Waals surface area contributed by atoms with Crippen molar-refractivity contribution < 1.29 is 27.4 Å². The maximum Gasteiger partial charge on any atom is 0.425 e. The zero-order valence-corrected chi connectivity index (χ0v) is 15.6. The summed E-state index contributed by atoms with van der Waals surface area (Å²) in [5.41, 5.74) is -3.83. The number of hydrogen-bond donors (Lipinski definition) is 1. The van der Waals surface area contributed by atoms with Gasteiger partial charge in [-0.25, -0.2) is 4.39 Å². The Bertz CT molecular complexity index is 772. The van der Waals surface area contributed by atoms with Crippen molar-refractivity contribution >= 4 is 11.8 Å². The number of aryl methyl sites for hydroxylation is 2. The predicted molar refractivity (Wildman–Crippen MR) is 94.4 cm³/mol. The van der Waals surface area contributed by atoms with Crippen molar-refractivity contribution in [1.82, 2.24) is 0 Å². The lowest BCUT2D eigenvalue weighted by Crippen LogP contribution is -2.43. The highest BCUT2D eigenvalue weighted by atomic mass is 32.2. The van der Waals surface area contributed by atoms with E-state index in [9.17, 15) is 22.7 Å². The number of halogens is 4. The summed E-state index contributed by atoms with van der Waals surface area (Å²) in [6.07, 6.45) is -4.98. The Kier molecular flexibility index (Phi) is 5.92. The summed E-state index contributed by atoms with van der Waals surface area (Å²) < 4.78 is 60.1. The zero-order chi connectivity index (χ0) is 19.7. The van der Waals surface area contributed by atoms with Crippen molar-refractivity contribution in [2.75, 3.05) is 7.11 Å². The van der Waals surface area contributed by atoms with Gasteiger partial charge in [0.25, 0.3) is 0 Å². The van der Waals surface area contributed by atoms with Crippen LogP contribution >= 0.6 is 11.8 Å². The van der Waals surface area contributed by atoms with Crippen molar-refractivity contribution in [1.29, 1.82) is 0 Å². The van der Waals surface area contributed by atoms with E-state index in [4.69, 9.17) is 4.74 Å². The van der Waals surface area contributed by atoms with Gasteiger partial charge in [0.05, 0.1) is 7.11 Å². The molecule has 7 heteroatoms. The van der Waals surface area contributed by atoms with E-state index >= 15 is 0 Å². The van der Waals surface area contributed by atoms with Gasteiger partial charge in [-0.15, -0.1) is 0 Å². The molecule has 0 spiro atoms. The second-order valence-electron chi connectivity index (χ2n) is 6.03. The third kappa shape index (κ3) is 3.83. The molecule has 0 saturated carbocycles. The van der Waals surface area contributed by atoms with Crippen LogP contribution in [0, 0.1) is 13.8 Å². The molecule has 2 nitrogen and oxygen atoms in total. The van der Waals surface area contributed by atoms with Crippen LogP contribution < -0.4 is 4.74 Å². The first kappa shape index (κ1) is 20.6. The van der Waals surface area contributed by atoms with Crippen molar-refractivity contribution in [3.63, 3.8) is 0 Å².